The SMILES string of the molecule is CC(C)CN(c1ccc(CCN)cc1F)C1CC1. The van der Waals surface area contributed by atoms with Gasteiger partial charge < -0.3 is 10.6 Å². The highest BCUT2D eigenvalue weighted by Crippen LogP contribution is 2.34. The van der Waals surface area contributed by atoms with Gasteiger partial charge in [-0.05, 0) is 49.4 Å². The smallest absolute Gasteiger partial charge is 0.146 e. The topological polar surface area (TPSA) is 29.3 Å². The van der Waals surface area contributed by atoms with Gasteiger partial charge in [-0.15, -0.1) is 0 Å². The maximum atomic E-state index is 14.2. The number of anilines is 1. The van der Waals surface area contributed by atoms with Crippen LogP contribution in [0.2, 0.25) is 0 Å². The van der Waals surface area contributed by atoms with Crippen molar-refractivity contribution < 1.29 is 4.39 Å². The van der Waals surface area contributed by atoms with E-state index in [4.69, 9.17) is 5.73 Å². The first-order valence-electron chi connectivity index (χ1n) is 6.87. The molecule has 0 heterocycles. The van der Waals surface area contributed by atoms with Crippen molar-refractivity contribution in [2.24, 2.45) is 11.7 Å². The minimum atomic E-state index is -0.103. The molecule has 3 heteroatoms. The molecule has 0 aromatic heterocycles. The molecule has 1 aromatic rings. The van der Waals surface area contributed by atoms with Gasteiger partial charge in [-0.1, -0.05) is 19.9 Å². The maximum Gasteiger partial charge on any atom is 0.146 e. The molecule has 0 amide bonds. The van der Waals surface area contributed by atoms with Crippen molar-refractivity contribution in [1.82, 2.24) is 0 Å². The fraction of sp³-hybridized carbons (Fsp3) is 0.600. The molecule has 2 rings (SSSR count). The highest BCUT2D eigenvalue weighted by molar-refractivity contribution is 5.51. The Morgan fingerprint density at radius 3 is 2.61 bits per heavy atom. The van der Waals surface area contributed by atoms with Gasteiger partial charge in [0.25, 0.3) is 0 Å². The van der Waals surface area contributed by atoms with Crippen LogP contribution in [0.25, 0.3) is 0 Å². The number of rotatable bonds is 6. The Hall–Kier alpha value is -1.09. The summed E-state index contributed by atoms with van der Waals surface area (Å²) in [6, 6.07) is 6.10. The molecule has 1 aliphatic carbocycles. The van der Waals surface area contributed by atoms with Gasteiger partial charge in [0.15, 0.2) is 0 Å². The Balaban J connectivity index is 2.19. The monoisotopic (exact) mass is 250 g/mol. The van der Waals surface area contributed by atoms with Crippen LogP contribution in [0.3, 0.4) is 0 Å². The van der Waals surface area contributed by atoms with Crippen molar-refractivity contribution in [3.05, 3.63) is 29.6 Å². The molecule has 0 saturated heterocycles. The van der Waals surface area contributed by atoms with Crippen molar-refractivity contribution in [3.63, 3.8) is 0 Å². The van der Waals surface area contributed by atoms with Gasteiger partial charge in [0, 0.05) is 12.6 Å². The highest BCUT2D eigenvalue weighted by atomic mass is 19.1. The molecule has 18 heavy (non-hydrogen) atoms. The predicted octanol–water partition coefficient (Wildman–Crippen LogP) is 2.95. The standard InChI is InChI=1S/C15H23FN2/c1-11(2)10-18(13-4-5-13)15-6-3-12(7-8-17)9-14(15)16/h3,6,9,11,13H,4-5,7-8,10,17H2,1-2H3. The predicted molar refractivity (Wildman–Crippen MR) is 74.4 cm³/mol. The fourth-order valence-corrected chi connectivity index (χ4v) is 2.33. The average molecular weight is 250 g/mol. The van der Waals surface area contributed by atoms with Crippen LogP contribution in [0, 0.1) is 11.7 Å². The fourth-order valence-electron chi connectivity index (χ4n) is 2.33. The number of nitrogens with two attached hydrogens (primary N) is 1. The first-order chi connectivity index (χ1) is 8.61. The third-order valence-electron chi connectivity index (χ3n) is 3.30. The first-order valence-corrected chi connectivity index (χ1v) is 6.87. The minimum absolute atomic E-state index is 0.103. The van der Waals surface area contributed by atoms with Gasteiger partial charge in [-0.25, -0.2) is 4.39 Å². The number of hydrogen-bond donors (Lipinski definition) is 1. The first kappa shape index (κ1) is 13.3. The van der Waals surface area contributed by atoms with Crippen molar-refractivity contribution in [1.29, 1.82) is 0 Å². The normalized spacial score (nSPS) is 15.2. The second kappa shape index (κ2) is 5.70. The summed E-state index contributed by atoms with van der Waals surface area (Å²) in [5.74, 6) is 0.446. The molecule has 2 nitrogen and oxygen atoms in total. The van der Waals surface area contributed by atoms with E-state index in [9.17, 15) is 4.39 Å². The van der Waals surface area contributed by atoms with E-state index in [1.54, 1.807) is 6.07 Å². The summed E-state index contributed by atoms with van der Waals surface area (Å²) in [6.45, 7) is 5.85. The Morgan fingerprint density at radius 2 is 2.11 bits per heavy atom. The van der Waals surface area contributed by atoms with Gasteiger partial charge in [-0.2, -0.15) is 0 Å². The van der Waals surface area contributed by atoms with E-state index in [0.717, 1.165) is 24.2 Å². The number of halogens is 1. The number of nitrogens with zero attached hydrogens (tertiary/aromatic N) is 1. The van der Waals surface area contributed by atoms with Gasteiger partial charge >= 0.3 is 0 Å². The molecular formula is C15H23FN2. The summed E-state index contributed by atoms with van der Waals surface area (Å²) in [4.78, 5) is 2.23. The van der Waals surface area contributed by atoms with Crippen molar-refractivity contribution >= 4 is 5.69 Å². The van der Waals surface area contributed by atoms with E-state index in [1.807, 2.05) is 12.1 Å². The summed E-state index contributed by atoms with van der Waals surface area (Å²) in [5, 5.41) is 0. The summed E-state index contributed by atoms with van der Waals surface area (Å²) in [6.07, 6.45) is 3.12. The molecule has 0 spiro atoms. The van der Waals surface area contributed by atoms with E-state index in [2.05, 4.69) is 18.7 Å². The van der Waals surface area contributed by atoms with Crippen LogP contribution in [0.15, 0.2) is 18.2 Å². The molecule has 0 unspecified atom stereocenters. The lowest BCUT2D eigenvalue weighted by Gasteiger charge is -2.27. The zero-order valence-electron chi connectivity index (χ0n) is 11.3. The Bertz CT molecular complexity index is 399. The van der Waals surface area contributed by atoms with Crippen LogP contribution in [-0.2, 0) is 6.42 Å². The zero-order chi connectivity index (χ0) is 13.1. The lowest BCUT2D eigenvalue weighted by atomic mass is 10.1. The van der Waals surface area contributed by atoms with Crippen LogP contribution in [0.5, 0.6) is 0 Å². The van der Waals surface area contributed by atoms with E-state index in [-0.39, 0.29) is 5.82 Å². The quantitative estimate of drug-likeness (QED) is 0.841. The molecule has 100 valence electrons. The maximum absolute atomic E-state index is 14.2. The third kappa shape index (κ3) is 3.22. The van der Waals surface area contributed by atoms with Crippen molar-refractivity contribution in [2.75, 3.05) is 18.0 Å². The Labute approximate surface area is 109 Å². The highest BCUT2D eigenvalue weighted by Gasteiger charge is 2.30. The lowest BCUT2D eigenvalue weighted by molar-refractivity contribution is 0.577. The largest absolute Gasteiger partial charge is 0.366 e. The Kier molecular flexibility index (Phi) is 4.23. The van der Waals surface area contributed by atoms with Gasteiger partial charge in [-0.3, -0.25) is 0 Å². The molecule has 1 aromatic carbocycles. The minimum Gasteiger partial charge on any atom is -0.366 e. The van der Waals surface area contributed by atoms with Crippen LogP contribution >= 0.6 is 0 Å². The van der Waals surface area contributed by atoms with Crippen molar-refractivity contribution in [2.45, 2.75) is 39.2 Å². The van der Waals surface area contributed by atoms with E-state index >= 15 is 0 Å². The van der Waals surface area contributed by atoms with Gasteiger partial charge in [0.1, 0.15) is 5.82 Å². The van der Waals surface area contributed by atoms with Crippen molar-refractivity contribution in [3.8, 4) is 0 Å². The molecule has 0 aliphatic heterocycles. The molecule has 0 atom stereocenters. The second-order valence-corrected chi connectivity index (χ2v) is 5.60. The summed E-state index contributed by atoms with van der Waals surface area (Å²) < 4.78 is 14.2. The number of benzene rings is 1. The van der Waals surface area contributed by atoms with E-state index in [1.165, 1.54) is 12.8 Å². The molecule has 1 fully saturated rings. The second-order valence-electron chi connectivity index (χ2n) is 5.60. The van der Waals surface area contributed by atoms with Gasteiger partial charge in [0.05, 0.1) is 5.69 Å². The zero-order valence-corrected chi connectivity index (χ0v) is 11.3. The molecular weight excluding hydrogens is 227 g/mol. The third-order valence-corrected chi connectivity index (χ3v) is 3.30. The summed E-state index contributed by atoms with van der Waals surface area (Å²) in [5.41, 5.74) is 7.24. The Morgan fingerprint density at radius 1 is 1.39 bits per heavy atom. The number of hydrogen-bond acceptors (Lipinski definition) is 2. The lowest BCUT2D eigenvalue weighted by Crippen LogP contribution is -2.30. The molecule has 2 N–H and O–H groups in total. The molecule has 1 saturated carbocycles. The summed E-state index contributed by atoms with van der Waals surface area (Å²) >= 11 is 0. The van der Waals surface area contributed by atoms with Gasteiger partial charge in [0.2, 0.25) is 0 Å². The summed E-state index contributed by atoms with van der Waals surface area (Å²) in [7, 11) is 0. The van der Waals surface area contributed by atoms with Crippen LogP contribution in [0.4, 0.5) is 10.1 Å². The van der Waals surface area contributed by atoms with Crippen LogP contribution in [0.1, 0.15) is 32.3 Å². The van der Waals surface area contributed by atoms with E-state index < -0.39 is 0 Å². The molecule has 1 aliphatic rings. The van der Waals surface area contributed by atoms with E-state index in [0.29, 0.717) is 18.5 Å². The average Bonchev–Trinajstić information content (AvgIpc) is 3.10. The van der Waals surface area contributed by atoms with Crippen LogP contribution < -0.4 is 10.6 Å². The molecule has 0 bridgehead atoms. The van der Waals surface area contributed by atoms with Crippen LogP contribution in [-0.4, -0.2) is 19.1 Å². The molecule has 0 radical (unpaired) electrons.